The fourth-order valence-corrected chi connectivity index (χ4v) is 2.04. The van der Waals surface area contributed by atoms with Gasteiger partial charge in [0, 0.05) is 0 Å². The van der Waals surface area contributed by atoms with Gasteiger partial charge in [0.2, 0.25) is 0 Å². The van der Waals surface area contributed by atoms with E-state index in [9.17, 15) is 0 Å². The lowest BCUT2D eigenvalue weighted by molar-refractivity contribution is -0.0567. The molecule has 2 nitrogen and oxygen atoms in total. The van der Waals surface area contributed by atoms with Crippen LogP contribution in [0.5, 0.6) is 0 Å². The molecular weight excluding hydrogens is 162 g/mol. The van der Waals surface area contributed by atoms with Crippen molar-refractivity contribution in [2.24, 2.45) is 5.73 Å². The fourth-order valence-electron chi connectivity index (χ4n) is 2.04. The molecule has 13 heavy (non-hydrogen) atoms. The summed E-state index contributed by atoms with van der Waals surface area (Å²) in [6, 6.07) is 0. The Morgan fingerprint density at radius 1 is 1.38 bits per heavy atom. The van der Waals surface area contributed by atoms with Crippen molar-refractivity contribution in [1.82, 2.24) is 0 Å². The van der Waals surface area contributed by atoms with Gasteiger partial charge in [0.1, 0.15) is 0 Å². The van der Waals surface area contributed by atoms with Crippen LogP contribution in [-0.2, 0) is 4.74 Å². The Bertz CT molecular complexity index is 216. The van der Waals surface area contributed by atoms with Crippen molar-refractivity contribution >= 4 is 0 Å². The molecule has 76 valence electrons. The largest absolute Gasteiger partial charge is 0.365 e. The topological polar surface area (TPSA) is 35.2 Å². The van der Waals surface area contributed by atoms with Crippen LogP contribution in [0.25, 0.3) is 0 Å². The van der Waals surface area contributed by atoms with Gasteiger partial charge in [-0.2, -0.15) is 0 Å². The Morgan fingerprint density at radius 2 is 2.00 bits per heavy atom. The zero-order valence-corrected chi connectivity index (χ0v) is 9.18. The van der Waals surface area contributed by atoms with Gasteiger partial charge in [-0.25, -0.2) is 0 Å². The third kappa shape index (κ3) is 2.55. The molecule has 0 aromatic carbocycles. The van der Waals surface area contributed by atoms with E-state index in [4.69, 9.17) is 10.5 Å². The smallest absolute Gasteiger partial charge is 0.0843 e. The van der Waals surface area contributed by atoms with Crippen LogP contribution in [0, 0.1) is 0 Å². The van der Waals surface area contributed by atoms with Gasteiger partial charge in [-0.1, -0.05) is 6.08 Å². The van der Waals surface area contributed by atoms with Gasteiger partial charge >= 0.3 is 0 Å². The molecule has 1 heterocycles. The lowest BCUT2D eigenvalue weighted by Gasteiger charge is -2.23. The summed E-state index contributed by atoms with van der Waals surface area (Å²) in [4.78, 5) is 0. The number of hydrogen-bond donors (Lipinski definition) is 1. The van der Waals surface area contributed by atoms with Gasteiger partial charge in [0.25, 0.3) is 0 Å². The lowest BCUT2D eigenvalue weighted by atomic mass is 9.93. The summed E-state index contributed by atoms with van der Waals surface area (Å²) in [7, 11) is 0. The first-order valence-electron chi connectivity index (χ1n) is 4.97. The Morgan fingerprint density at radius 3 is 2.38 bits per heavy atom. The van der Waals surface area contributed by atoms with Crippen LogP contribution in [-0.4, -0.2) is 17.7 Å². The number of nitrogens with two attached hydrogens (primary N) is 1. The third-order valence-corrected chi connectivity index (χ3v) is 2.48. The first-order chi connectivity index (χ1) is 5.87. The van der Waals surface area contributed by atoms with Crippen LogP contribution in [0.15, 0.2) is 11.6 Å². The molecule has 0 atom stereocenters. The van der Waals surface area contributed by atoms with Crippen LogP contribution >= 0.6 is 0 Å². The molecule has 1 fully saturated rings. The van der Waals surface area contributed by atoms with Crippen LogP contribution in [0.4, 0.5) is 0 Å². The van der Waals surface area contributed by atoms with Crippen LogP contribution in [0.3, 0.4) is 0 Å². The molecule has 0 aromatic heterocycles. The molecule has 1 aliphatic heterocycles. The zero-order valence-electron chi connectivity index (χ0n) is 9.18. The Kier molecular flexibility index (Phi) is 2.83. The summed E-state index contributed by atoms with van der Waals surface area (Å²) < 4.78 is 5.94. The molecule has 0 spiro atoms. The van der Waals surface area contributed by atoms with Gasteiger partial charge < -0.3 is 10.5 Å². The minimum absolute atomic E-state index is 0.00999. The maximum Gasteiger partial charge on any atom is 0.0843 e. The second-order valence-corrected chi connectivity index (χ2v) is 4.86. The van der Waals surface area contributed by atoms with Crippen molar-refractivity contribution in [3.05, 3.63) is 11.6 Å². The van der Waals surface area contributed by atoms with Crippen LogP contribution in [0.1, 0.15) is 40.5 Å². The Labute approximate surface area is 81.1 Å². The average molecular weight is 183 g/mol. The fraction of sp³-hybridized carbons (Fsp3) is 0.818. The molecule has 0 amide bonds. The van der Waals surface area contributed by atoms with E-state index in [0.29, 0.717) is 0 Å². The normalized spacial score (nSPS) is 28.2. The zero-order chi connectivity index (χ0) is 10.1. The Hall–Kier alpha value is -0.340. The number of rotatable bonds is 2. The first-order valence-corrected chi connectivity index (χ1v) is 4.97. The summed E-state index contributed by atoms with van der Waals surface area (Å²) in [5.41, 5.74) is 6.76. The molecule has 0 bridgehead atoms. The molecule has 1 saturated heterocycles. The quantitative estimate of drug-likeness (QED) is 0.666. The van der Waals surface area contributed by atoms with E-state index in [2.05, 4.69) is 33.8 Å². The Balaban J connectivity index is 2.76. The highest BCUT2D eigenvalue weighted by atomic mass is 16.5. The summed E-state index contributed by atoms with van der Waals surface area (Å²) in [6.45, 7) is 9.25. The van der Waals surface area contributed by atoms with E-state index < -0.39 is 0 Å². The maximum atomic E-state index is 5.94. The van der Waals surface area contributed by atoms with E-state index >= 15 is 0 Å². The number of ether oxygens (including phenoxy) is 1. The van der Waals surface area contributed by atoms with E-state index in [1.807, 2.05) is 0 Å². The summed E-state index contributed by atoms with van der Waals surface area (Å²) in [5.74, 6) is 0. The van der Waals surface area contributed by atoms with Gasteiger partial charge in [-0.3, -0.25) is 0 Å². The van der Waals surface area contributed by atoms with Crippen molar-refractivity contribution in [2.75, 3.05) is 6.54 Å². The molecule has 0 radical (unpaired) electrons. The van der Waals surface area contributed by atoms with Crippen molar-refractivity contribution in [3.63, 3.8) is 0 Å². The van der Waals surface area contributed by atoms with E-state index in [1.54, 1.807) is 0 Å². The summed E-state index contributed by atoms with van der Waals surface area (Å²) >= 11 is 0. The van der Waals surface area contributed by atoms with E-state index in [-0.39, 0.29) is 11.2 Å². The predicted octanol–water partition coefficient (Wildman–Crippen LogP) is 2.24. The monoisotopic (exact) mass is 183 g/mol. The van der Waals surface area contributed by atoms with Crippen LogP contribution < -0.4 is 5.73 Å². The minimum Gasteiger partial charge on any atom is -0.365 e. The number of hydrogen-bond acceptors (Lipinski definition) is 2. The van der Waals surface area contributed by atoms with E-state index in [0.717, 1.165) is 19.4 Å². The van der Waals surface area contributed by atoms with Crippen molar-refractivity contribution in [3.8, 4) is 0 Å². The van der Waals surface area contributed by atoms with Crippen molar-refractivity contribution < 1.29 is 4.74 Å². The molecule has 1 aliphatic rings. The van der Waals surface area contributed by atoms with Crippen molar-refractivity contribution in [2.45, 2.75) is 51.7 Å². The highest BCUT2D eigenvalue weighted by molar-refractivity contribution is 5.22. The molecule has 2 N–H and O–H groups in total. The molecule has 0 aliphatic carbocycles. The molecule has 0 saturated carbocycles. The molecular formula is C11H21NO. The molecule has 0 aromatic rings. The highest BCUT2D eigenvalue weighted by Gasteiger charge is 2.40. The maximum absolute atomic E-state index is 5.94. The minimum atomic E-state index is -0.0985. The molecule has 1 rings (SSSR count). The second kappa shape index (κ2) is 3.43. The lowest BCUT2D eigenvalue weighted by Crippen LogP contribution is -2.26. The second-order valence-electron chi connectivity index (χ2n) is 4.86. The predicted molar refractivity (Wildman–Crippen MR) is 55.6 cm³/mol. The van der Waals surface area contributed by atoms with Gasteiger partial charge in [0.15, 0.2) is 0 Å². The molecule has 2 heteroatoms. The van der Waals surface area contributed by atoms with Gasteiger partial charge in [-0.15, -0.1) is 0 Å². The van der Waals surface area contributed by atoms with Gasteiger partial charge in [0.05, 0.1) is 11.2 Å². The van der Waals surface area contributed by atoms with Crippen molar-refractivity contribution in [1.29, 1.82) is 0 Å². The summed E-state index contributed by atoms with van der Waals surface area (Å²) in [5, 5.41) is 0. The third-order valence-electron chi connectivity index (χ3n) is 2.48. The van der Waals surface area contributed by atoms with E-state index in [1.165, 1.54) is 5.57 Å². The summed E-state index contributed by atoms with van der Waals surface area (Å²) in [6.07, 6.45) is 4.22. The molecule has 0 unspecified atom stereocenters. The highest BCUT2D eigenvalue weighted by Crippen LogP contribution is 2.41. The SMILES string of the molecule is CC1(C)CC(=CCCN)C(C)(C)O1. The average Bonchev–Trinajstić information content (AvgIpc) is 2.14. The first kappa shape index (κ1) is 10.7. The van der Waals surface area contributed by atoms with Crippen LogP contribution in [0.2, 0.25) is 0 Å². The van der Waals surface area contributed by atoms with Gasteiger partial charge in [-0.05, 0) is 52.7 Å². The standard InChI is InChI=1S/C11H21NO/c1-10(2)8-9(6-5-7-12)11(3,4)13-10/h6H,5,7-8,12H2,1-4H3.